The van der Waals surface area contributed by atoms with Crippen LogP contribution in [0.15, 0.2) is 41.2 Å². The molecule has 0 amide bonds. The quantitative estimate of drug-likeness (QED) is 0.277. The van der Waals surface area contributed by atoms with Gasteiger partial charge in [-0.25, -0.2) is 0 Å². The Bertz CT molecular complexity index is 249. The minimum Gasteiger partial charge on any atom is -0.358 e. The molecule has 0 N–H and O–H groups in total. The number of hydrogen-bond acceptors (Lipinski definition) is 3. The van der Waals surface area contributed by atoms with Gasteiger partial charge in [-0.05, 0) is 17.4 Å². The van der Waals surface area contributed by atoms with Crippen LogP contribution in [0.3, 0.4) is 0 Å². The second-order valence-electron chi connectivity index (χ2n) is 2.14. The highest BCUT2D eigenvalue weighted by Crippen LogP contribution is 2.14. The van der Waals surface area contributed by atoms with Crippen LogP contribution < -0.4 is 0 Å². The van der Waals surface area contributed by atoms with Crippen molar-refractivity contribution in [1.82, 2.24) is 0 Å². The van der Waals surface area contributed by atoms with Gasteiger partial charge in [0, 0.05) is 0 Å². The number of allylic oxidation sites excluding steroid dienone is 3. The lowest BCUT2D eigenvalue weighted by molar-refractivity contribution is -0.426. The lowest BCUT2D eigenvalue weighted by Gasteiger charge is -1.99. The molecule has 0 aromatic heterocycles. The van der Waals surface area contributed by atoms with Crippen LogP contribution in [0.2, 0.25) is 0 Å². The molecule has 0 aromatic carbocycles. The van der Waals surface area contributed by atoms with Crippen LogP contribution in [0.5, 0.6) is 0 Å². The lowest BCUT2D eigenvalue weighted by Crippen LogP contribution is -1.99. The van der Waals surface area contributed by atoms with Crippen molar-refractivity contribution in [3.8, 4) is 0 Å². The molecule has 0 unspecified atom stereocenters. The third-order valence-electron chi connectivity index (χ3n) is 1.23. The fourth-order valence-corrected chi connectivity index (χ4v) is 0.698. The maximum absolute atomic E-state index is 10.4. The topological polar surface area (TPSA) is 55.5 Å². The summed E-state index contributed by atoms with van der Waals surface area (Å²) in [6.07, 6.45) is 1.34. The van der Waals surface area contributed by atoms with E-state index in [1.807, 2.05) is 0 Å². The molecular weight excluding hydrogens is 156 g/mol. The number of nitrogens with zero attached hydrogens (tertiary/aromatic N) is 2. The SMILES string of the molecule is C=C/C(C(=C)C)=C(\N=C)[N+](=O)[O-]. The molecule has 0 aliphatic rings. The Morgan fingerprint density at radius 3 is 2.25 bits per heavy atom. The van der Waals surface area contributed by atoms with Gasteiger partial charge in [0.05, 0.1) is 5.57 Å². The Labute approximate surface area is 70.8 Å². The molecule has 0 radical (unpaired) electrons. The standard InChI is InChI=1S/C8H10N2O2/c1-5-7(6(2)3)8(9-4)10(11)12/h5H,1-2,4H2,3H3/b8-7-. The van der Waals surface area contributed by atoms with Crippen LogP contribution in [0, 0.1) is 10.1 Å². The van der Waals surface area contributed by atoms with Crippen molar-refractivity contribution in [3.05, 3.63) is 46.3 Å². The van der Waals surface area contributed by atoms with Crippen molar-refractivity contribution in [1.29, 1.82) is 0 Å². The molecule has 0 aliphatic heterocycles. The van der Waals surface area contributed by atoms with E-state index in [2.05, 4.69) is 24.9 Å². The van der Waals surface area contributed by atoms with Crippen molar-refractivity contribution >= 4 is 6.72 Å². The summed E-state index contributed by atoms with van der Waals surface area (Å²) >= 11 is 0. The number of aliphatic imine (C=N–C) groups is 1. The van der Waals surface area contributed by atoms with E-state index >= 15 is 0 Å². The highest BCUT2D eigenvalue weighted by molar-refractivity contribution is 5.40. The van der Waals surface area contributed by atoms with Gasteiger partial charge in [-0.15, -0.1) is 0 Å². The first kappa shape index (κ1) is 10.3. The van der Waals surface area contributed by atoms with Gasteiger partial charge in [0.25, 0.3) is 0 Å². The van der Waals surface area contributed by atoms with Crippen LogP contribution >= 0.6 is 0 Å². The molecule has 64 valence electrons. The average molecular weight is 166 g/mol. The van der Waals surface area contributed by atoms with Gasteiger partial charge in [0.1, 0.15) is 6.72 Å². The fourth-order valence-electron chi connectivity index (χ4n) is 0.698. The van der Waals surface area contributed by atoms with Gasteiger partial charge >= 0.3 is 5.82 Å². The Hall–Kier alpha value is -1.71. The number of nitro groups is 1. The minimum absolute atomic E-state index is 0.308. The summed E-state index contributed by atoms with van der Waals surface area (Å²) in [5, 5.41) is 10.4. The maximum Gasteiger partial charge on any atom is 0.370 e. The summed E-state index contributed by atoms with van der Waals surface area (Å²) in [4.78, 5) is 13.0. The van der Waals surface area contributed by atoms with E-state index in [4.69, 9.17) is 0 Å². The molecule has 4 nitrogen and oxygen atoms in total. The molecule has 12 heavy (non-hydrogen) atoms. The van der Waals surface area contributed by atoms with Crippen molar-refractivity contribution in [3.63, 3.8) is 0 Å². The van der Waals surface area contributed by atoms with Crippen LogP contribution in [-0.2, 0) is 0 Å². The molecule has 0 aliphatic carbocycles. The monoisotopic (exact) mass is 166 g/mol. The summed E-state index contributed by atoms with van der Waals surface area (Å²) < 4.78 is 0. The van der Waals surface area contributed by atoms with Crippen molar-refractivity contribution in [2.24, 2.45) is 4.99 Å². The molecule has 0 atom stereocenters. The molecule has 0 bridgehead atoms. The fraction of sp³-hybridized carbons (Fsp3) is 0.125. The molecule has 4 heteroatoms. The van der Waals surface area contributed by atoms with E-state index in [9.17, 15) is 10.1 Å². The zero-order valence-electron chi connectivity index (χ0n) is 6.91. The Morgan fingerprint density at radius 2 is 2.17 bits per heavy atom. The predicted octanol–water partition coefficient (Wildman–Crippen LogP) is 1.94. The zero-order chi connectivity index (χ0) is 9.72. The second kappa shape index (κ2) is 4.23. The Morgan fingerprint density at radius 1 is 1.67 bits per heavy atom. The van der Waals surface area contributed by atoms with Crippen molar-refractivity contribution in [2.45, 2.75) is 6.92 Å². The van der Waals surface area contributed by atoms with E-state index in [0.717, 1.165) is 0 Å². The van der Waals surface area contributed by atoms with Crippen LogP contribution in [-0.4, -0.2) is 11.6 Å². The highest BCUT2D eigenvalue weighted by Gasteiger charge is 2.13. The first-order chi connectivity index (χ1) is 5.54. The molecular formula is C8H10N2O2. The third-order valence-corrected chi connectivity index (χ3v) is 1.23. The predicted molar refractivity (Wildman–Crippen MR) is 48.6 cm³/mol. The van der Waals surface area contributed by atoms with Crippen LogP contribution in [0.25, 0.3) is 0 Å². The van der Waals surface area contributed by atoms with Crippen molar-refractivity contribution < 1.29 is 4.92 Å². The van der Waals surface area contributed by atoms with Crippen LogP contribution in [0.1, 0.15) is 6.92 Å². The van der Waals surface area contributed by atoms with Gasteiger partial charge in [-0.2, -0.15) is 0 Å². The van der Waals surface area contributed by atoms with Crippen LogP contribution in [0.4, 0.5) is 0 Å². The van der Waals surface area contributed by atoms with E-state index in [-0.39, 0.29) is 5.82 Å². The average Bonchev–Trinajstić information content (AvgIpc) is 1.98. The second-order valence-corrected chi connectivity index (χ2v) is 2.14. The number of hydrogen-bond donors (Lipinski definition) is 0. The lowest BCUT2D eigenvalue weighted by atomic mass is 10.1. The van der Waals surface area contributed by atoms with Gasteiger partial charge in [-0.1, -0.05) is 24.2 Å². The highest BCUT2D eigenvalue weighted by atomic mass is 16.6. The Balaban J connectivity index is 5.30. The summed E-state index contributed by atoms with van der Waals surface area (Å²) in [6, 6.07) is 0. The third kappa shape index (κ3) is 2.16. The number of rotatable bonds is 4. The molecule has 0 saturated carbocycles. The van der Waals surface area contributed by atoms with E-state index in [1.54, 1.807) is 6.92 Å². The Kier molecular flexibility index (Phi) is 3.62. The zero-order valence-corrected chi connectivity index (χ0v) is 6.91. The largest absolute Gasteiger partial charge is 0.370 e. The normalized spacial score (nSPS) is 11.4. The summed E-state index contributed by atoms with van der Waals surface area (Å²) in [6.45, 7) is 11.7. The maximum atomic E-state index is 10.4. The smallest absolute Gasteiger partial charge is 0.358 e. The van der Waals surface area contributed by atoms with Gasteiger partial charge in [0.15, 0.2) is 0 Å². The molecule has 0 rings (SSSR count). The van der Waals surface area contributed by atoms with Crippen molar-refractivity contribution in [2.75, 3.05) is 0 Å². The van der Waals surface area contributed by atoms with E-state index < -0.39 is 4.92 Å². The summed E-state index contributed by atoms with van der Waals surface area (Å²) in [5.41, 5.74) is 0.860. The molecule has 0 heterocycles. The molecule has 0 fully saturated rings. The van der Waals surface area contributed by atoms with Gasteiger partial charge < -0.3 is 10.1 Å². The molecule has 0 spiro atoms. The van der Waals surface area contributed by atoms with E-state index in [0.29, 0.717) is 11.1 Å². The van der Waals surface area contributed by atoms with E-state index in [1.165, 1.54) is 6.08 Å². The van der Waals surface area contributed by atoms with Gasteiger partial charge in [-0.3, -0.25) is 0 Å². The molecule has 0 saturated heterocycles. The minimum atomic E-state index is -0.612. The first-order valence-electron chi connectivity index (χ1n) is 3.18. The summed E-state index contributed by atoms with van der Waals surface area (Å²) in [7, 11) is 0. The molecule has 0 aromatic rings. The summed E-state index contributed by atoms with van der Waals surface area (Å²) in [5.74, 6) is -0.308. The van der Waals surface area contributed by atoms with Gasteiger partial charge in [0.2, 0.25) is 0 Å². The first-order valence-corrected chi connectivity index (χ1v) is 3.18.